The van der Waals surface area contributed by atoms with E-state index >= 15 is 0 Å². The number of hydrogen-bond donors (Lipinski definition) is 2. The Bertz CT molecular complexity index is 810. The third-order valence-corrected chi connectivity index (χ3v) is 5.30. The maximum Gasteiger partial charge on any atom is 0.279 e. The Morgan fingerprint density at radius 1 is 1.23 bits per heavy atom. The van der Waals surface area contributed by atoms with Crippen molar-refractivity contribution in [2.75, 3.05) is 32.6 Å². The number of nitrogens with one attached hydrogen (secondary N) is 2. The van der Waals surface area contributed by atoms with E-state index in [1.165, 1.54) is 16.0 Å². The summed E-state index contributed by atoms with van der Waals surface area (Å²) < 4.78 is 10.8. The molecule has 1 aliphatic rings. The zero-order valence-electron chi connectivity index (χ0n) is 15.3. The van der Waals surface area contributed by atoms with E-state index < -0.39 is 0 Å². The molecule has 3 rings (SSSR count). The van der Waals surface area contributed by atoms with Crippen LogP contribution in [0, 0.1) is 0 Å². The van der Waals surface area contributed by atoms with Crippen molar-refractivity contribution in [3.05, 3.63) is 52.5 Å². The molecule has 2 N–H and O–H groups in total. The molecule has 0 spiro atoms. The minimum absolute atomic E-state index is 0.0381. The summed E-state index contributed by atoms with van der Waals surface area (Å²) in [4.78, 5) is 13.7. The van der Waals surface area contributed by atoms with Gasteiger partial charge in [0.25, 0.3) is 5.91 Å². The second-order valence-corrected chi connectivity index (χ2v) is 6.90. The predicted molar refractivity (Wildman–Crippen MR) is 102 cm³/mol. The molecule has 1 unspecified atom stereocenters. The number of fused-ring (bicyclic) bond motifs is 1. The molecule has 1 heterocycles. The van der Waals surface area contributed by atoms with Crippen molar-refractivity contribution in [2.24, 2.45) is 0 Å². The van der Waals surface area contributed by atoms with Gasteiger partial charge in [0.15, 0.2) is 18.0 Å². The molecule has 0 saturated carbocycles. The highest BCUT2D eigenvalue weighted by Gasteiger charge is 2.30. The summed E-state index contributed by atoms with van der Waals surface area (Å²) in [7, 11) is 3.28. The van der Waals surface area contributed by atoms with Crippen molar-refractivity contribution >= 4 is 23.2 Å². The Hall–Kier alpha value is -2.24. The van der Waals surface area contributed by atoms with E-state index in [4.69, 9.17) is 21.1 Å². The van der Waals surface area contributed by atoms with Crippen LogP contribution < -0.4 is 19.7 Å². The normalized spacial score (nSPS) is 18.8. The number of rotatable bonds is 5. The van der Waals surface area contributed by atoms with Gasteiger partial charge in [-0.3, -0.25) is 4.79 Å². The van der Waals surface area contributed by atoms with Crippen LogP contribution in [0.2, 0.25) is 5.02 Å². The predicted octanol–water partition coefficient (Wildman–Crippen LogP) is 2.50. The first kappa shape index (κ1) is 18.5. The molecule has 0 aromatic heterocycles. The van der Waals surface area contributed by atoms with Gasteiger partial charge in [-0.05, 0) is 36.8 Å². The monoisotopic (exact) mass is 375 g/mol. The smallest absolute Gasteiger partial charge is 0.279 e. The number of anilines is 1. The van der Waals surface area contributed by atoms with Crippen LogP contribution in [-0.2, 0) is 11.2 Å². The summed E-state index contributed by atoms with van der Waals surface area (Å²) in [6.45, 7) is 3.42. The van der Waals surface area contributed by atoms with Gasteiger partial charge in [0.05, 0.1) is 31.5 Å². The van der Waals surface area contributed by atoms with Crippen LogP contribution in [0.3, 0.4) is 0 Å². The molecule has 138 valence electrons. The topological polar surface area (TPSA) is 52.0 Å². The first-order valence-corrected chi connectivity index (χ1v) is 9.05. The van der Waals surface area contributed by atoms with Crippen molar-refractivity contribution in [1.29, 1.82) is 0 Å². The molecule has 26 heavy (non-hydrogen) atoms. The fourth-order valence-corrected chi connectivity index (χ4v) is 3.68. The van der Waals surface area contributed by atoms with Crippen LogP contribution in [0.15, 0.2) is 36.4 Å². The van der Waals surface area contributed by atoms with Gasteiger partial charge in [-0.2, -0.15) is 0 Å². The first-order chi connectivity index (χ1) is 12.5. The number of quaternary nitrogens is 1. The van der Waals surface area contributed by atoms with Crippen LogP contribution in [-0.4, -0.2) is 33.2 Å². The van der Waals surface area contributed by atoms with Gasteiger partial charge < -0.3 is 19.7 Å². The molecular weight excluding hydrogens is 352 g/mol. The van der Waals surface area contributed by atoms with Crippen LogP contribution in [0.5, 0.6) is 11.5 Å². The summed E-state index contributed by atoms with van der Waals surface area (Å²) >= 11 is 6.12. The molecule has 1 aliphatic heterocycles. The van der Waals surface area contributed by atoms with Crippen LogP contribution in [0.25, 0.3) is 0 Å². The largest absolute Gasteiger partial charge is 0.493 e. The summed E-state index contributed by atoms with van der Waals surface area (Å²) in [5, 5.41) is 3.45. The van der Waals surface area contributed by atoms with Gasteiger partial charge in [0, 0.05) is 12.0 Å². The molecule has 2 aromatic rings. The zero-order valence-corrected chi connectivity index (χ0v) is 16.0. The number of hydrogen-bond acceptors (Lipinski definition) is 3. The highest BCUT2D eigenvalue weighted by molar-refractivity contribution is 6.33. The third kappa shape index (κ3) is 3.79. The summed E-state index contributed by atoms with van der Waals surface area (Å²) in [6, 6.07) is 11.5. The number of benzene rings is 2. The number of carbonyl (C=O) groups excluding carboxylic acids is 1. The molecule has 6 heteroatoms. The lowest BCUT2D eigenvalue weighted by atomic mass is 9.93. The highest BCUT2D eigenvalue weighted by Crippen LogP contribution is 2.33. The SMILES string of the molecule is COc1cc2c(cc1OC)[C@@H](C)[NH+](CC(=O)Nc1ccccc1Cl)CC2. The lowest BCUT2D eigenvalue weighted by molar-refractivity contribution is -0.924. The van der Waals surface area contributed by atoms with Crippen molar-refractivity contribution in [3.63, 3.8) is 0 Å². The van der Waals surface area contributed by atoms with E-state index in [9.17, 15) is 4.79 Å². The number of methoxy groups -OCH3 is 2. The van der Waals surface area contributed by atoms with Gasteiger partial charge in [-0.25, -0.2) is 0 Å². The van der Waals surface area contributed by atoms with Crippen LogP contribution >= 0.6 is 11.6 Å². The van der Waals surface area contributed by atoms with E-state index in [2.05, 4.69) is 12.2 Å². The first-order valence-electron chi connectivity index (χ1n) is 8.67. The number of para-hydroxylation sites is 1. The van der Waals surface area contributed by atoms with Crippen molar-refractivity contribution in [3.8, 4) is 11.5 Å². The molecule has 0 radical (unpaired) electrons. The number of carbonyl (C=O) groups is 1. The van der Waals surface area contributed by atoms with Gasteiger partial charge in [-0.1, -0.05) is 23.7 Å². The average molecular weight is 376 g/mol. The number of ether oxygens (including phenoxy) is 2. The van der Waals surface area contributed by atoms with Gasteiger partial charge >= 0.3 is 0 Å². The fourth-order valence-electron chi connectivity index (χ4n) is 3.49. The Labute approximate surface area is 158 Å². The Morgan fingerprint density at radius 3 is 2.62 bits per heavy atom. The minimum Gasteiger partial charge on any atom is -0.493 e. The molecule has 1 amide bonds. The molecule has 0 fully saturated rings. The highest BCUT2D eigenvalue weighted by atomic mass is 35.5. The van der Waals surface area contributed by atoms with Crippen molar-refractivity contribution in [1.82, 2.24) is 0 Å². The molecule has 2 atom stereocenters. The maximum absolute atomic E-state index is 12.5. The van der Waals surface area contributed by atoms with Gasteiger partial charge in [-0.15, -0.1) is 0 Å². The minimum atomic E-state index is -0.0381. The van der Waals surface area contributed by atoms with Crippen LogP contribution in [0.4, 0.5) is 5.69 Å². The molecule has 0 bridgehead atoms. The summed E-state index contributed by atoms with van der Waals surface area (Å²) in [5.74, 6) is 1.43. The maximum atomic E-state index is 12.5. The number of halogens is 1. The van der Waals surface area contributed by atoms with Gasteiger partial charge in [0.1, 0.15) is 6.04 Å². The van der Waals surface area contributed by atoms with E-state index in [1.807, 2.05) is 30.3 Å². The second kappa shape index (κ2) is 7.98. The summed E-state index contributed by atoms with van der Waals surface area (Å²) in [5.41, 5.74) is 3.11. The standard InChI is InChI=1S/C20H23ClN2O3/c1-13-15-11-19(26-3)18(25-2)10-14(15)8-9-23(13)12-20(24)22-17-7-5-4-6-16(17)21/h4-7,10-11,13H,8-9,12H2,1-3H3,(H,22,24)/p+1/t13-/m1/s1. The lowest BCUT2D eigenvalue weighted by Crippen LogP contribution is -3.14. The molecular formula is C20H24ClN2O3+. The third-order valence-electron chi connectivity index (χ3n) is 4.98. The van der Waals surface area contributed by atoms with Crippen molar-refractivity contribution in [2.45, 2.75) is 19.4 Å². The second-order valence-electron chi connectivity index (χ2n) is 6.49. The number of amides is 1. The van der Waals surface area contributed by atoms with E-state index in [0.29, 0.717) is 17.3 Å². The van der Waals surface area contributed by atoms with Gasteiger partial charge in [0.2, 0.25) is 0 Å². The van der Waals surface area contributed by atoms with E-state index in [1.54, 1.807) is 20.3 Å². The molecule has 0 aliphatic carbocycles. The van der Waals surface area contributed by atoms with E-state index in [0.717, 1.165) is 24.5 Å². The van der Waals surface area contributed by atoms with E-state index in [-0.39, 0.29) is 11.9 Å². The Kier molecular flexibility index (Phi) is 5.69. The molecule has 2 aromatic carbocycles. The lowest BCUT2D eigenvalue weighted by Gasteiger charge is -2.32. The fraction of sp³-hybridized carbons (Fsp3) is 0.350. The average Bonchev–Trinajstić information content (AvgIpc) is 2.65. The molecule has 5 nitrogen and oxygen atoms in total. The molecule has 0 saturated heterocycles. The Morgan fingerprint density at radius 2 is 1.92 bits per heavy atom. The zero-order chi connectivity index (χ0) is 18.7. The van der Waals surface area contributed by atoms with Crippen LogP contribution in [0.1, 0.15) is 24.1 Å². The quantitative estimate of drug-likeness (QED) is 0.844. The Balaban J connectivity index is 1.73. The van der Waals surface area contributed by atoms with Crippen molar-refractivity contribution < 1.29 is 19.2 Å². The summed E-state index contributed by atoms with van der Waals surface area (Å²) in [6.07, 6.45) is 0.898.